The Balaban J connectivity index is 3.87. The highest BCUT2D eigenvalue weighted by atomic mass is 16.5. The summed E-state index contributed by atoms with van der Waals surface area (Å²) in [6.07, 6.45) is 1.03. The van der Waals surface area contributed by atoms with Crippen LogP contribution in [-0.4, -0.2) is 56.7 Å². The average molecular weight is 273 g/mol. The number of urea groups is 1. The summed E-state index contributed by atoms with van der Waals surface area (Å²) in [5.41, 5.74) is 0. The maximum atomic E-state index is 11.6. The number of nitrogens with one attached hydrogen (secondary N) is 2. The van der Waals surface area contributed by atoms with E-state index in [2.05, 4.69) is 24.5 Å². The molecule has 0 radical (unpaired) electrons. The predicted molar refractivity (Wildman–Crippen MR) is 75.0 cm³/mol. The van der Waals surface area contributed by atoms with Crippen LogP contribution in [0.3, 0.4) is 0 Å². The first-order valence-corrected chi connectivity index (χ1v) is 6.63. The van der Waals surface area contributed by atoms with Crippen LogP contribution in [0.5, 0.6) is 0 Å². The zero-order valence-corrected chi connectivity index (χ0v) is 12.7. The summed E-state index contributed by atoms with van der Waals surface area (Å²) < 4.78 is 4.89. The van der Waals surface area contributed by atoms with Crippen molar-refractivity contribution >= 4 is 11.9 Å². The lowest BCUT2D eigenvalue weighted by molar-refractivity contribution is -0.120. The number of nitrogens with zero attached hydrogens (tertiary/aromatic N) is 1. The fraction of sp³-hybridized carbons (Fsp3) is 0.846. The van der Waals surface area contributed by atoms with Crippen molar-refractivity contribution < 1.29 is 14.3 Å². The largest absolute Gasteiger partial charge is 0.383 e. The Labute approximate surface area is 115 Å². The van der Waals surface area contributed by atoms with Gasteiger partial charge in [-0.3, -0.25) is 15.0 Å². The second-order valence-corrected chi connectivity index (χ2v) is 5.30. The average Bonchev–Trinajstić information content (AvgIpc) is 2.25. The number of imide groups is 1. The summed E-state index contributed by atoms with van der Waals surface area (Å²) in [5, 5.41) is 4.92. The number of carbonyl (C=O) groups is 2. The number of hydrogen-bond acceptors (Lipinski definition) is 4. The number of methoxy groups -OCH3 is 1. The van der Waals surface area contributed by atoms with E-state index in [-0.39, 0.29) is 18.5 Å². The smallest absolute Gasteiger partial charge is 0.321 e. The molecule has 0 heterocycles. The quantitative estimate of drug-likeness (QED) is 0.687. The second kappa shape index (κ2) is 9.75. The highest BCUT2D eigenvalue weighted by Gasteiger charge is 2.12. The van der Waals surface area contributed by atoms with Gasteiger partial charge in [0.15, 0.2) is 0 Å². The molecule has 0 saturated heterocycles. The van der Waals surface area contributed by atoms with E-state index in [1.807, 2.05) is 18.9 Å². The van der Waals surface area contributed by atoms with E-state index in [4.69, 9.17) is 4.74 Å². The van der Waals surface area contributed by atoms with E-state index in [0.29, 0.717) is 12.5 Å². The van der Waals surface area contributed by atoms with Crippen LogP contribution in [-0.2, 0) is 9.53 Å². The van der Waals surface area contributed by atoms with E-state index < -0.39 is 6.03 Å². The van der Waals surface area contributed by atoms with Gasteiger partial charge in [-0.05, 0) is 32.9 Å². The van der Waals surface area contributed by atoms with Crippen LogP contribution in [0.15, 0.2) is 0 Å². The van der Waals surface area contributed by atoms with Gasteiger partial charge in [-0.2, -0.15) is 0 Å². The van der Waals surface area contributed by atoms with Crippen LogP contribution >= 0.6 is 0 Å². The van der Waals surface area contributed by atoms with Gasteiger partial charge in [0.2, 0.25) is 5.91 Å². The highest BCUT2D eigenvalue weighted by Crippen LogP contribution is 1.99. The van der Waals surface area contributed by atoms with Crippen molar-refractivity contribution in [1.82, 2.24) is 15.5 Å². The molecule has 0 aromatic rings. The zero-order valence-electron chi connectivity index (χ0n) is 12.7. The number of amides is 3. The van der Waals surface area contributed by atoms with Gasteiger partial charge >= 0.3 is 6.03 Å². The van der Waals surface area contributed by atoms with Gasteiger partial charge in [-0.25, -0.2) is 4.79 Å². The summed E-state index contributed by atoms with van der Waals surface area (Å²) in [5.74, 6) is 0.303. The fourth-order valence-corrected chi connectivity index (χ4v) is 1.52. The number of rotatable bonds is 8. The first-order chi connectivity index (χ1) is 8.85. The Kier molecular flexibility index (Phi) is 9.16. The lowest BCUT2D eigenvalue weighted by atomic mass is 10.1. The van der Waals surface area contributed by atoms with E-state index in [9.17, 15) is 9.59 Å². The summed E-state index contributed by atoms with van der Waals surface area (Å²) >= 11 is 0. The van der Waals surface area contributed by atoms with Crippen LogP contribution in [0, 0.1) is 5.92 Å². The molecule has 0 saturated carbocycles. The van der Waals surface area contributed by atoms with Crippen LogP contribution in [0.25, 0.3) is 0 Å². The van der Waals surface area contributed by atoms with Crippen molar-refractivity contribution in [1.29, 1.82) is 0 Å². The molecule has 19 heavy (non-hydrogen) atoms. The van der Waals surface area contributed by atoms with Gasteiger partial charge in [0.25, 0.3) is 0 Å². The molecule has 0 aliphatic heterocycles. The number of ether oxygens (including phenoxy) is 1. The van der Waals surface area contributed by atoms with Crippen molar-refractivity contribution in [3.05, 3.63) is 0 Å². The third-order valence-corrected chi connectivity index (χ3v) is 2.55. The normalized spacial score (nSPS) is 12.6. The molecular weight excluding hydrogens is 246 g/mol. The Morgan fingerprint density at radius 1 is 1.26 bits per heavy atom. The van der Waals surface area contributed by atoms with Crippen molar-refractivity contribution in [3.63, 3.8) is 0 Å². The number of hydrogen-bond donors (Lipinski definition) is 2. The van der Waals surface area contributed by atoms with Crippen LogP contribution < -0.4 is 10.6 Å². The van der Waals surface area contributed by atoms with Crippen LogP contribution in [0.2, 0.25) is 0 Å². The van der Waals surface area contributed by atoms with Crippen molar-refractivity contribution in [2.75, 3.05) is 33.9 Å². The molecular formula is C13H27N3O3. The van der Waals surface area contributed by atoms with E-state index in [1.54, 1.807) is 7.11 Å². The maximum absolute atomic E-state index is 11.6. The first kappa shape index (κ1) is 17.9. The molecule has 0 fully saturated rings. The topological polar surface area (TPSA) is 70.7 Å². The first-order valence-electron chi connectivity index (χ1n) is 6.63. The molecule has 0 aromatic heterocycles. The molecule has 0 aliphatic carbocycles. The predicted octanol–water partition coefficient (Wildman–Crippen LogP) is 0.825. The molecule has 1 atom stereocenters. The Morgan fingerprint density at radius 3 is 2.42 bits per heavy atom. The fourth-order valence-electron chi connectivity index (χ4n) is 1.52. The van der Waals surface area contributed by atoms with Gasteiger partial charge < -0.3 is 10.1 Å². The highest BCUT2D eigenvalue weighted by molar-refractivity contribution is 5.95. The molecule has 112 valence electrons. The lowest BCUT2D eigenvalue weighted by Gasteiger charge is -2.18. The van der Waals surface area contributed by atoms with E-state index >= 15 is 0 Å². The molecule has 1 unspecified atom stereocenters. The molecule has 2 N–H and O–H groups in total. The summed E-state index contributed by atoms with van der Waals surface area (Å²) in [6.45, 7) is 7.56. The number of likely N-dealkylation sites (N-methyl/N-ethyl adjacent to an activating group) is 1. The number of carbonyl (C=O) groups excluding carboxylic acids is 2. The minimum atomic E-state index is -0.480. The van der Waals surface area contributed by atoms with Gasteiger partial charge in [0.05, 0.1) is 19.2 Å². The summed E-state index contributed by atoms with van der Waals surface area (Å²) in [4.78, 5) is 25.0. The molecule has 6 heteroatoms. The molecule has 3 amide bonds. The molecule has 0 bridgehead atoms. The Hall–Kier alpha value is -1.14. The molecule has 0 aromatic carbocycles. The van der Waals surface area contributed by atoms with Crippen molar-refractivity contribution in [3.8, 4) is 0 Å². The van der Waals surface area contributed by atoms with Gasteiger partial charge in [-0.15, -0.1) is 0 Å². The third-order valence-electron chi connectivity index (χ3n) is 2.55. The van der Waals surface area contributed by atoms with Gasteiger partial charge in [0, 0.05) is 7.11 Å². The second-order valence-electron chi connectivity index (χ2n) is 5.30. The van der Waals surface area contributed by atoms with Crippen molar-refractivity contribution in [2.24, 2.45) is 5.92 Å². The zero-order chi connectivity index (χ0) is 14.8. The van der Waals surface area contributed by atoms with Crippen molar-refractivity contribution in [2.45, 2.75) is 33.2 Å². The molecule has 6 nitrogen and oxygen atoms in total. The minimum absolute atomic E-state index is 0.128. The van der Waals surface area contributed by atoms with Gasteiger partial charge in [-0.1, -0.05) is 13.8 Å². The van der Waals surface area contributed by atoms with E-state index in [1.165, 1.54) is 0 Å². The molecule has 0 aliphatic rings. The molecule has 0 spiro atoms. The lowest BCUT2D eigenvalue weighted by Crippen LogP contribution is -2.47. The van der Waals surface area contributed by atoms with Crippen LogP contribution in [0.1, 0.15) is 27.2 Å². The van der Waals surface area contributed by atoms with Crippen LogP contribution in [0.4, 0.5) is 4.79 Å². The third kappa shape index (κ3) is 10.5. The van der Waals surface area contributed by atoms with E-state index in [0.717, 1.165) is 13.0 Å². The summed E-state index contributed by atoms with van der Waals surface area (Å²) in [6, 6.07) is -0.608. The Morgan fingerprint density at radius 2 is 1.89 bits per heavy atom. The Bertz CT molecular complexity index is 282. The SMILES string of the molecule is COCC(C)NC(=O)NC(=O)CN(C)CCC(C)C. The summed E-state index contributed by atoms with van der Waals surface area (Å²) in [7, 11) is 3.43. The minimum Gasteiger partial charge on any atom is -0.383 e. The monoisotopic (exact) mass is 273 g/mol. The van der Waals surface area contributed by atoms with Gasteiger partial charge in [0.1, 0.15) is 0 Å². The standard InChI is InChI=1S/C13H27N3O3/c1-10(2)6-7-16(4)8-12(17)15-13(18)14-11(3)9-19-5/h10-11H,6-9H2,1-5H3,(H2,14,15,17,18). The maximum Gasteiger partial charge on any atom is 0.321 e. The molecule has 0 rings (SSSR count).